The van der Waals surface area contributed by atoms with Crippen LogP contribution in [0.4, 0.5) is 10.5 Å². The zero-order valence-electron chi connectivity index (χ0n) is 22.2. The number of carbonyl (C=O) groups is 2. The number of nitrogens with one attached hydrogen (secondary N) is 1. The summed E-state index contributed by atoms with van der Waals surface area (Å²) in [7, 11) is -3.83. The van der Waals surface area contributed by atoms with Gasteiger partial charge in [-0.2, -0.15) is 0 Å². The van der Waals surface area contributed by atoms with Crippen LogP contribution < -0.4 is 5.32 Å². The quantitative estimate of drug-likeness (QED) is 0.492. The number of rotatable bonds is 3. The Labute approximate surface area is 225 Å². The molecule has 2 aromatic carbocycles. The molecule has 0 aromatic heterocycles. The second-order valence-corrected chi connectivity index (χ2v) is 14.1. The molecule has 1 saturated heterocycles. The molecule has 5 atom stereocenters. The SMILES string of the molecule is C[C@@]12CCC[C@H]1[C@@H]1CN(C(=O)Nc3ccccc3S(=O)(=O)c3ccccc3)C3=CC(=O)CC[C@]3(C)[C@H]1CC2. The highest BCUT2D eigenvalue weighted by atomic mass is 32.2. The van der Waals surface area contributed by atoms with Crippen molar-refractivity contribution >= 4 is 27.3 Å². The third-order valence-corrected chi connectivity index (χ3v) is 12.0. The summed E-state index contributed by atoms with van der Waals surface area (Å²) in [6.45, 7) is 5.24. The molecule has 0 bridgehead atoms. The van der Waals surface area contributed by atoms with Crippen LogP contribution in [0.25, 0.3) is 0 Å². The van der Waals surface area contributed by atoms with Gasteiger partial charge in [0.25, 0.3) is 0 Å². The first-order valence-electron chi connectivity index (χ1n) is 13.9. The summed E-state index contributed by atoms with van der Waals surface area (Å²) < 4.78 is 26.9. The number of sulfone groups is 1. The highest BCUT2D eigenvalue weighted by Crippen LogP contribution is 2.64. The highest BCUT2D eigenvalue weighted by molar-refractivity contribution is 7.91. The van der Waals surface area contributed by atoms with E-state index in [9.17, 15) is 18.0 Å². The van der Waals surface area contributed by atoms with Gasteiger partial charge in [0.05, 0.1) is 15.5 Å². The van der Waals surface area contributed by atoms with Crippen LogP contribution in [-0.4, -0.2) is 31.7 Å². The lowest BCUT2D eigenvalue weighted by atomic mass is 9.50. The van der Waals surface area contributed by atoms with Gasteiger partial charge in [0.15, 0.2) is 5.78 Å². The van der Waals surface area contributed by atoms with Crippen LogP contribution in [-0.2, 0) is 14.6 Å². The van der Waals surface area contributed by atoms with Crippen LogP contribution in [0.2, 0.25) is 0 Å². The van der Waals surface area contributed by atoms with Crippen molar-refractivity contribution in [2.45, 2.75) is 68.6 Å². The lowest BCUT2D eigenvalue weighted by Crippen LogP contribution is -2.59. The molecular weight excluding hydrogens is 496 g/mol. The number of carbonyl (C=O) groups excluding carboxylic acids is 2. The average Bonchev–Trinajstić information content (AvgIpc) is 3.31. The Morgan fingerprint density at radius 1 is 0.947 bits per heavy atom. The molecule has 1 heterocycles. The number of hydrogen-bond donors (Lipinski definition) is 1. The fraction of sp³-hybridized carbons (Fsp3) is 0.484. The molecule has 6 rings (SSSR count). The van der Waals surface area contributed by atoms with Gasteiger partial charge < -0.3 is 5.32 Å². The van der Waals surface area contributed by atoms with E-state index < -0.39 is 9.84 Å². The summed E-state index contributed by atoms with van der Waals surface area (Å²) in [5.74, 6) is 1.45. The first-order valence-corrected chi connectivity index (χ1v) is 15.3. The largest absolute Gasteiger partial charge is 0.326 e. The zero-order chi connectivity index (χ0) is 26.7. The van der Waals surface area contributed by atoms with E-state index >= 15 is 0 Å². The van der Waals surface area contributed by atoms with E-state index in [2.05, 4.69) is 19.2 Å². The van der Waals surface area contributed by atoms with Crippen LogP contribution >= 0.6 is 0 Å². The lowest BCUT2D eigenvalue weighted by molar-refractivity contribution is -0.118. The molecule has 6 nitrogen and oxygen atoms in total. The number of ketones is 1. The Morgan fingerprint density at radius 2 is 1.68 bits per heavy atom. The van der Waals surface area contributed by atoms with Crippen molar-refractivity contribution in [1.29, 1.82) is 0 Å². The monoisotopic (exact) mass is 532 g/mol. The third-order valence-electron chi connectivity index (χ3n) is 10.2. The van der Waals surface area contributed by atoms with Crippen molar-refractivity contribution in [3.8, 4) is 0 Å². The predicted molar refractivity (Wildman–Crippen MR) is 146 cm³/mol. The van der Waals surface area contributed by atoms with Gasteiger partial charge in [-0.15, -0.1) is 0 Å². The Hall–Kier alpha value is -2.93. The molecule has 2 saturated carbocycles. The summed E-state index contributed by atoms with van der Waals surface area (Å²) >= 11 is 0. The van der Waals surface area contributed by atoms with E-state index in [4.69, 9.17) is 0 Å². The molecule has 7 heteroatoms. The molecule has 3 fully saturated rings. The number of nitrogens with zero attached hydrogens (tertiary/aromatic N) is 1. The van der Waals surface area contributed by atoms with Crippen LogP contribution in [0.5, 0.6) is 0 Å². The maximum Gasteiger partial charge on any atom is 0.326 e. The summed E-state index contributed by atoms with van der Waals surface area (Å²) in [4.78, 5) is 28.6. The van der Waals surface area contributed by atoms with Gasteiger partial charge in [-0.1, -0.05) is 50.6 Å². The number of likely N-dealkylation sites (tertiary alicyclic amines) is 1. The van der Waals surface area contributed by atoms with E-state index in [-0.39, 0.29) is 32.7 Å². The van der Waals surface area contributed by atoms with E-state index in [0.717, 1.165) is 18.5 Å². The number of hydrogen-bond acceptors (Lipinski definition) is 4. The van der Waals surface area contributed by atoms with Gasteiger partial charge in [0, 0.05) is 30.2 Å². The molecular formula is C31H36N2O4S. The van der Waals surface area contributed by atoms with Crippen molar-refractivity contribution < 1.29 is 18.0 Å². The van der Waals surface area contributed by atoms with Crippen LogP contribution in [0.1, 0.15) is 58.8 Å². The second-order valence-electron chi connectivity index (χ2n) is 12.2. The minimum Gasteiger partial charge on any atom is -0.306 e. The Balaban J connectivity index is 1.36. The Morgan fingerprint density at radius 3 is 2.47 bits per heavy atom. The molecule has 200 valence electrons. The molecule has 1 aliphatic heterocycles. The fourth-order valence-corrected chi connectivity index (χ4v) is 9.64. The Kier molecular flexibility index (Phi) is 6.06. The molecule has 4 aliphatic rings. The number of benzene rings is 2. The number of allylic oxidation sites excluding steroid dienone is 2. The molecule has 1 N–H and O–H groups in total. The number of amides is 2. The third kappa shape index (κ3) is 3.93. The molecule has 0 radical (unpaired) electrons. The normalized spacial score (nSPS) is 32.6. The Bertz CT molecular complexity index is 1420. The van der Waals surface area contributed by atoms with Crippen molar-refractivity contribution in [3.63, 3.8) is 0 Å². The fourth-order valence-electron chi connectivity index (χ4n) is 8.20. The predicted octanol–water partition coefficient (Wildman–Crippen LogP) is 6.45. The second kappa shape index (κ2) is 9.08. The van der Waals surface area contributed by atoms with E-state index in [1.54, 1.807) is 59.5 Å². The number of anilines is 1. The van der Waals surface area contributed by atoms with Gasteiger partial charge in [-0.05, 0) is 79.5 Å². The molecule has 3 aliphatic carbocycles. The van der Waals surface area contributed by atoms with Crippen molar-refractivity contribution in [3.05, 3.63) is 66.4 Å². The van der Waals surface area contributed by atoms with Crippen molar-refractivity contribution in [1.82, 2.24) is 4.90 Å². The number of para-hydroxylation sites is 1. The lowest BCUT2D eigenvalue weighted by Gasteiger charge is -2.59. The molecule has 2 aromatic rings. The van der Waals surface area contributed by atoms with Gasteiger partial charge in [0.2, 0.25) is 9.84 Å². The van der Waals surface area contributed by atoms with E-state index in [0.29, 0.717) is 36.1 Å². The number of fused-ring (bicyclic) bond motifs is 5. The minimum atomic E-state index is -3.83. The maximum atomic E-state index is 14.0. The minimum absolute atomic E-state index is 0.0577. The average molecular weight is 533 g/mol. The van der Waals surface area contributed by atoms with Gasteiger partial charge in [0.1, 0.15) is 0 Å². The summed E-state index contributed by atoms with van der Waals surface area (Å²) in [5, 5.41) is 2.94. The smallest absolute Gasteiger partial charge is 0.306 e. The molecule has 0 spiro atoms. The molecule has 0 unspecified atom stereocenters. The summed E-state index contributed by atoms with van der Waals surface area (Å²) in [5.41, 5.74) is 1.13. The first-order chi connectivity index (χ1) is 18.1. The van der Waals surface area contributed by atoms with Crippen LogP contribution in [0.3, 0.4) is 0 Å². The van der Waals surface area contributed by atoms with Gasteiger partial charge in [-0.3, -0.25) is 9.69 Å². The highest BCUT2D eigenvalue weighted by Gasteiger charge is 2.58. The van der Waals surface area contributed by atoms with E-state index in [1.807, 2.05) is 0 Å². The van der Waals surface area contributed by atoms with Crippen molar-refractivity contribution in [2.75, 3.05) is 11.9 Å². The number of piperidine rings is 1. The van der Waals surface area contributed by atoms with Crippen LogP contribution in [0, 0.1) is 28.6 Å². The molecule has 38 heavy (non-hydrogen) atoms. The van der Waals surface area contributed by atoms with E-state index in [1.165, 1.54) is 31.7 Å². The summed E-state index contributed by atoms with van der Waals surface area (Å²) in [6.07, 6.45) is 8.98. The topological polar surface area (TPSA) is 83.6 Å². The zero-order valence-corrected chi connectivity index (χ0v) is 23.0. The standard InChI is InChI=1S/C31H36N2O4S/c1-30-16-8-11-24(30)23-20-33(28-19-21(34)14-18-31(28,2)25(23)15-17-30)29(35)32-26-12-6-7-13-27(26)38(36,37)22-9-4-3-5-10-22/h3-7,9-10,12-13,19,23-25H,8,11,14-18,20H2,1-2H3,(H,32,35)/t23-,24-,25-,30-,31+/m0/s1. The van der Waals surface area contributed by atoms with Gasteiger partial charge in [-0.25, -0.2) is 13.2 Å². The van der Waals surface area contributed by atoms with Crippen LogP contribution in [0.15, 0.2) is 76.2 Å². The number of urea groups is 1. The van der Waals surface area contributed by atoms with Crippen molar-refractivity contribution in [2.24, 2.45) is 28.6 Å². The first kappa shape index (κ1) is 25.4. The maximum absolute atomic E-state index is 14.0. The summed E-state index contributed by atoms with van der Waals surface area (Å²) in [6, 6.07) is 14.5. The van der Waals surface area contributed by atoms with Gasteiger partial charge >= 0.3 is 6.03 Å². The molecule has 2 amide bonds.